The maximum atomic E-state index is 12.7. The van der Waals surface area contributed by atoms with Crippen molar-refractivity contribution in [2.24, 2.45) is 0 Å². The van der Waals surface area contributed by atoms with Crippen LogP contribution in [0.25, 0.3) is 0 Å². The largest absolute Gasteiger partial charge is 0.339 e. The second-order valence-corrected chi connectivity index (χ2v) is 9.04. The smallest absolute Gasteiger partial charge is 0.243 e. The Morgan fingerprint density at radius 1 is 1.15 bits per heavy atom. The van der Waals surface area contributed by atoms with Crippen LogP contribution in [0.5, 0.6) is 0 Å². The van der Waals surface area contributed by atoms with Gasteiger partial charge in [-0.15, -0.1) is 0 Å². The molecule has 2 aromatic rings. The Balaban J connectivity index is 1.58. The van der Waals surface area contributed by atoms with E-state index in [4.69, 9.17) is 4.52 Å². The number of benzene rings is 1. The van der Waals surface area contributed by atoms with E-state index in [1.54, 1.807) is 16.4 Å². The fourth-order valence-electron chi connectivity index (χ4n) is 3.18. The van der Waals surface area contributed by atoms with Crippen molar-refractivity contribution in [3.8, 4) is 0 Å². The van der Waals surface area contributed by atoms with Crippen LogP contribution in [0.1, 0.15) is 43.5 Å². The molecule has 0 spiro atoms. The maximum absolute atomic E-state index is 12.7. The molecule has 27 heavy (non-hydrogen) atoms. The summed E-state index contributed by atoms with van der Waals surface area (Å²) in [6.07, 6.45) is 5.08. The van der Waals surface area contributed by atoms with E-state index in [-0.39, 0.29) is 0 Å². The molecule has 1 unspecified atom stereocenters. The lowest BCUT2D eigenvalue weighted by Gasteiger charge is -2.25. The summed E-state index contributed by atoms with van der Waals surface area (Å²) >= 11 is 0. The summed E-state index contributed by atoms with van der Waals surface area (Å²) in [5.74, 6) is 1.31. The van der Waals surface area contributed by atoms with E-state index in [1.807, 2.05) is 19.2 Å². The Morgan fingerprint density at radius 3 is 2.52 bits per heavy atom. The third-order valence-corrected chi connectivity index (χ3v) is 6.91. The van der Waals surface area contributed by atoms with Gasteiger partial charge in [-0.2, -0.15) is 9.29 Å². The Labute approximate surface area is 161 Å². The molecule has 0 aliphatic carbocycles. The molecule has 0 bridgehead atoms. The first-order valence-corrected chi connectivity index (χ1v) is 11.0. The number of hydrogen-bond acceptors (Lipinski definition) is 6. The molecule has 7 nitrogen and oxygen atoms in total. The van der Waals surface area contributed by atoms with Crippen LogP contribution >= 0.6 is 0 Å². The number of piperidine rings is 1. The van der Waals surface area contributed by atoms with Gasteiger partial charge in [0.2, 0.25) is 15.9 Å². The lowest BCUT2D eigenvalue weighted by atomic mass is 10.1. The van der Waals surface area contributed by atoms with Gasteiger partial charge in [0.1, 0.15) is 0 Å². The van der Waals surface area contributed by atoms with Gasteiger partial charge in [-0.05, 0) is 50.9 Å². The van der Waals surface area contributed by atoms with Crippen molar-refractivity contribution in [1.29, 1.82) is 0 Å². The van der Waals surface area contributed by atoms with Crippen LogP contribution in [0.4, 0.5) is 0 Å². The molecule has 1 aromatic heterocycles. The minimum Gasteiger partial charge on any atom is -0.339 e. The van der Waals surface area contributed by atoms with Crippen molar-refractivity contribution in [2.45, 2.75) is 56.4 Å². The monoisotopic (exact) mass is 392 g/mol. The number of hydrogen-bond donors (Lipinski definition) is 1. The highest BCUT2D eigenvalue weighted by Crippen LogP contribution is 2.21. The van der Waals surface area contributed by atoms with Gasteiger partial charge in [-0.3, -0.25) is 0 Å². The normalized spacial score (nSPS) is 17.1. The molecule has 0 saturated carbocycles. The number of aryl methyl sites for hydroxylation is 2. The Morgan fingerprint density at radius 2 is 1.85 bits per heavy atom. The van der Waals surface area contributed by atoms with E-state index < -0.39 is 10.0 Å². The van der Waals surface area contributed by atoms with Gasteiger partial charge in [-0.25, -0.2) is 8.42 Å². The number of nitrogens with one attached hydrogen (secondary N) is 1. The van der Waals surface area contributed by atoms with Crippen molar-refractivity contribution in [3.63, 3.8) is 0 Å². The molecule has 1 aliphatic heterocycles. The van der Waals surface area contributed by atoms with Crippen molar-refractivity contribution < 1.29 is 12.9 Å². The Hall–Kier alpha value is -1.77. The summed E-state index contributed by atoms with van der Waals surface area (Å²) in [4.78, 5) is 4.78. The molecule has 1 aliphatic rings. The van der Waals surface area contributed by atoms with Gasteiger partial charge in [0, 0.05) is 32.0 Å². The van der Waals surface area contributed by atoms with Crippen LogP contribution in [0.3, 0.4) is 0 Å². The topological polar surface area (TPSA) is 88.3 Å². The van der Waals surface area contributed by atoms with Gasteiger partial charge >= 0.3 is 0 Å². The van der Waals surface area contributed by atoms with Gasteiger partial charge in [0.15, 0.2) is 5.82 Å². The molecular formula is C19H28N4O3S. The predicted molar refractivity (Wildman–Crippen MR) is 103 cm³/mol. The highest BCUT2D eigenvalue weighted by Gasteiger charge is 2.25. The maximum Gasteiger partial charge on any atom is 0.243 e. The van der Waals surface area contributed by atoms with Crippen LogP contribution in [-0.4, -0.2) is 49.0 Å². The molecule has 1 atom stereocenters. The highest BCUT2D eigenvalue weighted by atomic mass is 32.2. The van der Waals surface area contributed by atoms with E-state index in [9.17, 15) is 8.42 Å². The lowest BCUT2D eigenvalue weighted by molar-refractivity contribution is 0.346. The summed E-state index contributed by atoms with van der Waals surface area (Å²) < 4.78 is 32.3. The number of aromatic nitrogens is 2. The zero-order valence-corrected chi connectivity index (χ0v) is 16.8. The van der Waals surface area contributed by atoms with E-state index in [0.717, 1.165) is 37.7 Å². The molecule has 1 saturated heterocycles. The van der Waals surface area contributed by atoms with Crippen LogP contribution in [-0.2, 0) is 29.3 Å². The van der Waals surface area contributed by atoms with Crippen molar-refractivity contribution in [2.75, 3.05) is 20.1 Å². The van der Waals surface area contributed by atoms with Crippen molar-refractivity contribution in [3.05, 3.63) is 41.5 Å². The summed E-state index contributed by atoms with van der Waals surface area (Å²) in [6.45, 7) is 3.31. The zero-order chi connectivity index (χ0) is 19.3. The minimum atomic E-state index is -3.37. The number of rotatable bonds is 8. The number of sulfonamides is 1. The molecule has 148 valence electrons. The fourth-order valence-corrected chi connectivity index (χ4v) is 4.70. The standard InChI is InChI=1S/C19H28N4O3S/c1-15(20-2)14-18-21-19(26-22-18)11-8-16-6-9-17(10-7-16)27(24,25)23-12-4-3-5-13-23/h6-7,9-10,15,20H,3-5,8,11-14H2,1-2H3. The lowest BCUT2D eigenvalue weighted by Crippen LogP contribution is -2.35. The van der Waals surface area contributed by atoms with E-state index >= 15 is 0 Å². The molecule has 0 amide bonds. The van der Waals surface area contributed by atoms with E-state index in [2.05, 4.69) is 22.4 Å². The molecule has 1 aromatic carbocycles. The van der Waals surface area contributed by atoms with E-state index in [1.165, 1.54) is 0 Å². The molecule has 3 rings (SSSR count). The summed E-state index contributed by atoms with van der Waals surface area (Å²) in [5.41, 5.74) is 1.05. The zero-order valence-electron chi connectivity index (χ0n) is 16.0. The van der Waals surface area contributed by atoms with Crippen LogP contribution in [0.15, 0.2) is 33.7 Å². The Bertz CT molecular complexity index is 827. The van der Waals surface area contributed by atoms with Crippen molar-refractivity contribution >= 4 is 10.0 Å². The van der Waals surface area contributed by atoms with E-state index in [0.29, 0.717) is 42.2 Å². The summed E-state index contributed by atoms with van der Waals surface area (Å²) in [7, 11) is -1.47. The SMILES string of the molecule is CNC(C)Cc1noc(CCc2ccc(S(=O)(=O)N3CCCCC3)cc2)n1. The summed E-state index contributed by atoms with van der Waals surface area (Å²) in [5, 5.41) is 7.15. The number of likely N-dealkylation sites (N-methyl/N-ethyl adjacent to an activating group) is 1. The van der Waals surface area contributed by atoms with Gasteiger partial charge in [0.25, 0.3) is 0 Å². The first-order chi connectivity index (χ1) is 13.0. The third-order valence-electron chi connectivity index (χ3n) is 5.00. The molecule has 1 fully saturated rings. The van der Waals surface area contributed by atoms with Crippen molar-refractivity contribution in [1.82, 2.24) is 19.8 Å². The molecule has 8 heteroatoms. The molecule has 1 N–H and O–H groups in total. The molecule has 0 radical (unpaired) electrons. The third kappa shape index (κ3) is 5.15. The average molecular weight is 393 g/mol. The van der Waals surface area contributed by atoms with Crippen LogP contribution in [0.2, 0.25) is 0 Å². The summed E-state index contributed by atoms with van der Waals surface area (Å²) in [6, 6.07) is 7.44. The Kier molecular flexibility index (Phi) is 6.62. The molecular weight excluding hydrogens is 364 g/mol. The predicted octanol–water partition coefficient (Wildman–Crippen LogP) is 2.18. The highest BCUT2D eigenvalue weighted by molar-refractivity contribution is 7.89. The van der Waals surface area contributed by atoms with Gasteiger partial charge < -0.3 is 9.84 Å². The number of nitrogens with zero attached hydrogens (tertiary/aromatic N) is 3. The quantitative estimate of drug-likeness (QED) is 0.741. The first-order valence-electron chi connectivity index (χ1n) is 9.57. The van der Waals surface area contributed by atoms with Crippen LogP contribution < -0.4 is 5.32 Å². The second kappa shape index (κ2) is 8.95. The van der Waals surface area contributed by atoms with Crippen LogP contribution in [0, 0.1) is 0 Å². The minimum absolute atomic E-state index is 0.296. The average Bonchev–Trinajstić information content (AvgIpc) is 3.14. The van der Waals surface area contributed by atoms with Gasteiger partial charge in [-0.1, -0.05) is 23.7 Å². The van der Waals surface area contributed by atoms with Gasteiger partial charge in [0.05, 0.1) is 4.90 Å². The first kappa shape index (κ1) is 20.0. The molecule has 2 heterocycles. The fraction of sp³-hybridized carbons (Fsp3) is 0.579. The second-order valence-electron chi connectivity index (χ2n) is 7.11.